The molecule has 0 atom stereocenters. The molecule has 1 aromatic carbocycles. The Balaban J connectivity index is 3.20. The van der Waals surface area contributed by atoms with Crippen molar-refractivity contribution >= 4 is 11.8 Å². The smallest absolute Gasteiger partial charge is 0.328 e. The molecule has 0 radical (unpaired) electrons. The molecule has 0 bridgehead atoms. The molecule has 0 aromatic heterocycles. The third-order valence-corrected chi connectivity index (χ3v) is 3.01. The number of carboxylic acids is 1. The summed E-state index contributed by atoms with van der Waals surface area (Å²) in [5, 5.41) is 8.57. The van der Waals surface area contributed by atoms with Gasteiger partial charge in [0.2, 0.25) is 0 Å². The number of benzene rings is 1. The molecule has 0 amide bonds. The summed E-state index contributed by atoms with van der Waals surface area (Å²) in [5.41, 5.74) is 2.73. The number of carboxylic acid groups (broad SMARTS) is 1. The van der Waals surface area contributed by atoms with Crippen LogP contribution >= 0.6 is 0 Å². The molecule has 0 saturated heterocycles. The summed E-state index contributed by atoms with van der Waals surface area (Å²) < 4.78 is 0. The average Bonchev–Trinajstić information content (AvgIpc) is 2.34. The number of carbonyl (C=O) groups excluding carboxylic acids is 1. The van der Waals surface area contributed by atoms with Crippen molar-refractivity contribution in [3.63, 3.8) is 0 Å². The molecular formula is C16H20O3. The van der Waals surface area contributed by atoms with Crippen LogP contribution in [0.15, 0.2) is 30.4 Å². The van der Waals surface area contributed by atoms with Gasteiger partial charge in [-0.05, 0) is 29.0 Å². The Hall–Kier alpha value is -1.90. The fourth-order valence-corrected chi connectivity index (χ4v) is 1.88. The van der Waals surface area contributed by atoms with Gasteiger partial charge < -0.3 is 5.11 Å². The normalized spacial score (nSPS) is 11.5. The van der Waals surface area contributed by atoms with Crippen LogP contribution in [0.3, 0.4) is 0 Å². The second-order valence-electron chi connectivity index (χ2n) is 5.19. The van der Waals surface area contributed by atoms with Crippen molar-refractivity contribution in [1.82, 2.24) is 0 Å². The van der Waals surface area contributed by atoms with Crippen LogP contribution in [0, 0.1) is 0 Å². The molecular weight excluding hydrogens is 240 g/mol. The second-order valence-corrected chi connectivity index (χ2v) is 5.19. The van der Waals surface area contributed by atoms with Crippen LogP contribution in [-0.4, -0.2) is 16.9 Å². The molecule has 1 N–H and O–H groups in total. The minimum absolute atomic E-state index is 0.218. The Kier molecular flexibility index (Phi) is 5.04. The zero-order valence-electron chi connectivity index (χ0n) is 11.8. The zero-order chi connectivity index (χ0) is 14.6. The Morgan fingerprint density at radius 1 is 1.05 bits per heavy atom. The second kappa shape index (κ2) is 6.32. The Labute approximate surface area is 114 Å². The topological polar surface area (TPSA) is 54.4 Å². The van der Waals surface area contributed by atoms with E-state index in [2.05, 4.69) is 13.8 Å². The van der Waals surface area contributed by atoms with Gasteiger partial charge in [0.05, 0.1) is 0 Å². The standard InChI is InChI=1S/C16H20O3/c1-10(2)12-5-6-13(14(9-12)11(3)4)15(17)7-8-16(18)19/h5-11H,1-4H3,(H,18,19)/b8-7+. The predicted molar refractivity (Wildman–Crippen MR) is 75.7 cm³/mol. The van der Waals surface area contributed by atoms with E-state index in [0.29, 0.717) is 11.5 Å². The van der Waals surface area contributed by atoms with Gasteiger partial charge in [0.25, 0.3) is 0 Å². The van der Waals surface area contributed by atoms with Crippen molar-refractivity contribution in [2.45, 2.75) is 39.5 Å². The van der Waals surface area contributed by atoms with Crippen LogP contribution in [0.2, 0.25) is 0 Å². The van der Waals surface area contributed by atoms with Crippen LogP contribution in [0.25, 0.3) is 0 Å². The molecule has 0 fully saturated rings. The first-order chi connectivity index (χ1) is 8.82. The third-order valence-electron chi connectivity index (χ3n) is 3.01. The van der Waals surface area contributed by atoms with E-state index in [4.69, 9.17) is 5.11 Å². The van der Waals surface area contributed by atoms with E-state index in [1.54, 1.807) is 6.07 Å². The zero-order valence-corrected chi connectivity index (χ0v) is 11.8. The molecule has 1 rings (SSSR count). The SMILES string of the molecule is CC(C)c1ccc(C(=O)/C=C/C(=O)O)c(C(C)C)c1. The molecule has 0 aliphatic rings. The highest BCUT2D eigenvalue weighted by Gasteiger charge is 2.13. The molecule has 3 heteroatoms. The molecule has 3 nitrogen and oxygen atoms in total. The molecule has 102 valence electrons. The lowest BCUT2D eigenvalue weighted by atomic mass is 9.90. The first kappa shape index (κ1) is 15.2. The third kappa shape index (κ3) is 4.05. The van der Waals surface area contributed by atoms with E-state index < -0.39 is 5.97 Å². The van der Waals surface area contributed by atoms with Crippen LogP contribution in [0.4, 0.5) is 0 Å². The summed E-state index contributed by atoms with van der Waals surface area (Å²) in [6.45, 7) is 8.25. The van der Waals surface area contributed by atoms with Crippen molar-refractivity contribution in [1.29, 1.82) is 0 Å². The number of aliphatic carboxylic acids is 1. The Bertz CT molecular complexity index is 511. The summed E-state index contributed by atoms with van der Waals surface area (Å²) >= 11 is 0. The maximum absolute atomic E-state index is 12.0. The van der Waals surface area contributed by atoms with Crippen molar-refractivity contribution in [3.05, 3.63) is 47.0 Å². The van der Waals surface area contributed by atoms with Gasteiger partial charge in [-0.3, -0.25) is 4.79 Å². The molecule has 0 spiro atoms. The van der Waals surface area contributed by atoms with Gasteiger partial charge in [-0.2, -0.15) is 0 Å². The van der Waals surface area contributed by atoms with Crippen molar-refractivity contribution in [2.75, 3.05) is 0 Å². The first-order valence-electron chi connectivity index (χ1n) is 6.42. The molecule has 1 aromatic rings. The van der Waals surface area contributed by atoms with Gasteiger partial charge in [-0.1, -0.05) is 45.9 Å². The number of ketones is 1. The molecule has 19 heavy (non-hydrogen) atoms. The molecule has 0 saturated carbocycles. The number of allylic oxidation sites excluding steroid dienone is 1. The quantitative estimate of drug-likeness (QED) is 0.648. The average molecular weight is 260 g/mol. The largest absolute Gasteiger partial charge is 0.478 e. The van der Waals surface area contributed by atoms with E-state index in [9.17, 15) is 9.59 Å². The number of rotatable bonds is 5. The summed E-state index contributed by atoms with van der Waals surface area (Å²) in [4.78, 5) is 22.5. The monoisotopic (exact) mass is 260 g/mol. The van der Waals surface area contributed by atoms with Crippen molar-refractivity contribution in [2.24, 2.45) is 0 Å². The molecule has 0 unspecified atom stereocenters. The van der Waals surface area contributed by atoms with E-state index in [-0.39, 0.29) is 11.7 Å². The predicted octanol–water partition coefficient (Wildman–Crippen LogP) is 3.76. The van der Waals surface area contributed by atoms with Gasteiger partial charge in [0.1, 0.15) is 0 Å². The molecule has 0 aliphatic heterocycles. The van der Waals surface area contributed by atoms with Gasteiger partial charge in [-0.15, -0.1) is 0 Å². The van der Waals surface area contributed by atoms with E-state index in [1.807, 2.05) is 26.0 Å². The van der Waals surface area contributed by atoms with Gasteiger partial charge in [0, 0.05) is 11.6 Å². The van der Waals surface area contributed by atoms with Crippen LogP contribution in [0.1, 0.15) is 61.0 Å². The number of hydrogen-bond acceptors (Lipinski definition) is 2. The number of carbonyl (C=O) groups is 2. The van der Waals surface area contributed by atoms with E-state index in [0.717, 1.165) is 17.7 Å². The lowest BCUT2D eigenvalue weighted by molar-refractivity contribution is -0.131. The van der Waals surface area contributed by atoms with Crippen molar-refractivity contribution < 1.29 is 14.7 Å². The van der Waals surface area contributed by atoms with E-state index in [1.165, 1.54) is 5.56 Å². The highest BCUT2D eigenvalue weighted by Crippen LogP contribution is 2.25. The molecule has 0 heterocycles. The Morgan fingerprint density at radius 3 is 2.16 bits per heavy atom. The summed E-state index contributed by atoms with van der Waals surface area (Å²) in [6, 6.07) is 5.76. The first-order valence-corrected chi connectivity index (χ1v) is 6.42. The maximum atomic E-state index is 12.0. The van der Waals surface area contributed by atoms with E-state index >= 15 is 0 Å². The fourth-order valence-electron chi connectivity index (χ4n) is 1.88. The van der Waals surface area contributed by atoms with Crippen LogP contribution in [-0.2, 0) is 4.79 Å². The van der Waals surface area contributed by atoms with Crippen LogP contribution < -0.4 is 0 Å². The minimum atomic E-state index is -1.11. The Morgan fingerprint density at radius 2 is 1.68 bits per heavy atom. The van der Waals surface area contributed by atoms with Gasteiger partial charge in [0.15, 0.2) is 5.78 Å². The lowest BCUT2D eigenvalue weighted by Crippen LogP contribution is -2.05. The summed E-state index contributed by atoms with van der Waals surface area (Å²) in [7, 11) is 0. The number of hydrogen-bond donors (Lipinski definition) is 1. The minimum Gasteiger partial charge on any atom is -0.478 e. The summed E-state index contributed by atoms with van der Waals surface area (Å²) in [5.74, 6) is -0.758. The highest BCUT2D eigenvalue weighted by atomic mass is 16.4. The highest BCUT2D eigenvalue weighted by molar-refractivity contribution is 6.07. The summed E-state index contributed by atoms with van der Waals surface area (Å²) in [6.07, 6.45) is 1.99. The van der Waals surface area contributed by atoms with Gasteiger partial charge in [-0.25, -0.2) is 4.79 Å². The molecule has 0 aliphatic carbocycles. The maximum Gasteiger partial charge on any atom is 0.328 e. The lowest BCUT2D eigenvalue weighted by Gasteiger charge is -2.14. The van der Waals surface area contributed by atoms with Gasteiger partial charge >= 0.3 is 5.97 Å². The fraction of sp³-hybridized carbons (Fsp3) is 0.375. The van der Waals surface area contributed by atoms with Crippen LogP contribution in [0.5, 0.6) is 0 Å². The van der Waals surface area contributed by atoms with Crippen molar-refractivity contribution in [3.8, 4) is 0 Å².